The Kier molecular flexibility index (Phi) is 2.56. The molecule has 3 rings (SSSR count). The van der Waals surface area contributed by atoms with Gasteiger partial charge >= 0.3 is 0 Å². The smallest absolute Gasteiger partial charge is 0.134 e. The Bertz CT molecular complexity index is 587. The van der Waals surface area contributed by atoms with E-state index in [1.807, 2.05) is 24.3 Å². The Labute approximate surface area is 106 Å². The minimum Gasteiger partial charge on any atom is -0.464 e. The van der Waals surface area contributed by atoms with Crippen LogP contribution >= 0.6 is 0 Å². The van der Waals surface area contributed by atoms with Crippen LogP contribution in [0.25, 0.3) is 22.6 Å². The van der Waals surface area contributed by atoms with E-state index in [1.165, 1.54) is 11.1 Å². The monoisotopic (exact) mass is 238 g/mol. The highest BCUT2D eigenvalue weighted by Crippen LogP contribution is 2.32. The fourth-order valence-corrected chi connectivity index (χ4v) is 2.21. The van der Waals surface area contributed by atoms with Gasteiger partial charge in [0, 0.05) is 11.1 Å². The van der Waals surface area contributed by atoms with Crippen LogP contribution in [0.1, 0.15) is 11.1 Å². The van der Waals surface area contributed by atoms with Crippen molar-refractivity contribution in [2.24, 2.45) is 0 Å². The van der Waals surface area contributed by atoms with Gasteiger partial charge in [-0.05, 0) is 61.4 Å². The largest absolute Gasteiger partial charge is 0.464 e. The lowest BCUT2D eigenvalue weighted by molar-refractivity contribution is 0.580. The van der Waals surface area contributed by atoms with Crippen LogP contribution in [-0.2, 0) is 0 Å². The van der Waals surface area contributed by atoms with Crippen LogP contribution in [0.3, 0.4) is 0 Å². The Morgan fingerprint density at radius 2 is 1.17 bits per heavy atom. The van der Waals surface area contributed by atoms with Crippen LogP contribution < -0.4 is 0 Å². The first-order valence-electron chi connectivity index (χ1n) is 5.95. The minimum absolute atomic E-state index is 0.904. The molecule has 0 amide bonds. The molecule has 90 valence electrons. The molecule has 2 heteroatoms. The van der Waals surface area contributed by atoms with Gasteiger partial charge in [-0.15, -0.1) is 0 Å². The zero-order chi connectivity index (χ0) is 12.5. The summed E-state index contributed by atoms with van der Waals surface area (Å²) in [6, 6.07) is 12.1. The summed E-state index contributed by atoms with van der Waals surface area (Å²) in [6.07, 6.45) is 3.40. The van der Waals surface area contributed by atoms with Gasteiger partial charge in [-0.2, -0.15) is 0 Å². The average Bonchev–Trinajstić information content (AvgIpc) is 3.02. The predicted octanol–water partition coefficient (Wildman–Crippen LogP) is 4.82. The lowest BCUT2D eigenvalue weighted by Crippen LogP contribution is -1.88. The van der Waals surface area contributed by atoms with Crippen molar-refractivity contribution in [2.75, 3.05) is 0 Å². The third-order valence-electron chi connectivity index (χ3n) is 3.14. The third-order valence-corrected chi connectivity index (χ3v) is 3.14. The average molecular weight is 238 g/mol. The van der Waals surface area contributed by atoms with E-state index in [9.17, 15) is 0 Å². The summed E-state index contributed by atoms with van der Waals surface area (Å²) < 4.78 is 10.9. The molecule has 0 N–H and O–H groups in total. The van der Waals surface area contributed by atoms with Crippen molar-refractivity contribution in [1.82, 2.24) is 0 Å². The highest BCUT2D eigenvalue weighted by atomic mass is 16.3. The Hall–Kier alpha value is -2.22. The van der Waals surface area contributed by atoms with E-state index in [0.29, 0.717) is 0 Å². The van der Waals surface area contributed by atoms with Crippen molar-refractivity contribution in [1.29, 1.82) is 0 Å². The Balaban J connectivity index is 2.15. The number of aryl methyl sites for hydroxylation is 2. The van der Waals surface area contributed by atoms with Gasteiger partial charge in [-0.3, -0.25) is 0 Å². The fourth-order valence-electron chi connectivity index (χ4n) is 2.21. The molecule has 1 aromatic carbocycles. The van der Waals surface area contributed by atoms with Crippen LogP contribution in [0.15, 0.2) is 57.8 Å². The van der Waals surface area contributed by atoms with Crippen molar-refractivity contribution in [2.45, 2.75) is 13.8 Å². The number of hydrogen-bond donors (Lipinski definition) is 0. The van der Waals surface area contributed by atoms with Crippen molar-refractivity contribution in [3.63, 3.8) is 0 Å². The molecule has 2 nitrogen and oxygen atoms in total. The lowest BCUT2D eigenvalue weighted by Gasteiger charge is -2.09. The molecule has 0 spiro atoms. The molecule has 0 saturated carbocycles. The number of furan rings is 2. The van der Waals surface area contributed by atoms with Crippen LogP contribution in [0.2, 0.25) is 0 Å². The molecule has 0 saturated heterocycles. The van der Waals surface area contributed by atoms with Crippen LogP contribution in [0.4, 0.5) is 0 Å². The van der Waals surface area contributed by atoms with Gasteiger partial charge in [-0.25, -0.2) is 0 Å². The molecular weight excluding hydrogens is 224 g/mol. The quantitative estimate of drug-likeness (QED) is 0.639. The molecule has 0 bridgehead atoms. The molecule has 0 atom stereocenters. The van der Waals surface area contributed by atoms with Gasteiger partial charge in [0.2, 0.25) is 0 Å². The standard InChI is InChI=1S/C16H14O2/c1-11-9-14(16-6-4-8-18-16)12(2)10-13(11)15-5-3-7-17-15/h3-10H,1-2H3. The van der Waals surface area contributed by atoms with Crippen LogP contribution in [0, 0.1) is 13.8 Å². The molecule has 0 aliphatic rings. The Morgan fingerprint density at radius 1 is 0.722 bits per heavy atom. The summed E-state index contributed by atoms with van der Waals surface area (Å²) in [5, 5.41) is 0. The molecule has 0 unspecified atom stereocenters. The number of rotatable bonds is 2. The zero-order valence-electron chi connectivity index (χ0n) is 10.4. The minimum atomic E-state index is 0.904. The van der Waals surface area contributed by atoms with E-state index >= 15 is 0 Å². The van der Waals surface area contributed by atoms with E-state index < -0.39 is 0 Å². The molecule has 0 aliphatic heterocycles. The molecule has 0 fully saturated rings. The SMILES string of the molecule is Cc1cc(-c2ccco2)c(C)cc1-c1ccco1. The third kappa shape index (κ3) is 1.76. The number of benzene rings is 1. The van der Waals surface area contributed by atoms with Gasteiger partial charge in [0.15, 0.2) is 0 Å². The molecule has 0 radical (unpaired) electrons. The first-order chi connectivity index (χ1) is 8.75. The van der Waals surface area contributed by atoms with Crippen molar-refractivity contribution >= 4 is 0 Å². The van der Waals surface area contributed by atoms with Gasteiger partial charge in [0.1, 0.15) is 11.5 Å². The first-order valence-corrected chi connectivity index (χ1v) is 5.95. The van der Waals surface area contributed by atoms with E-state index in [2.05, 4.69) is 26.0 Å². The zero-order valence-corrected chi connectivity index (χ0v) is 10.4. The second kappa shape index (κ2) is 4.22. The number of hydrogen-bond acceptors (Lipinski definition) is 2. The molecule has 2 heterocycles. The molecule has 3 aromatic rings. The lowest BCUT2D eigenvalue weighted by atomic mass is 9.97. The second-order valence-corrected chi connectivity index (χ2v) is 4.44. The van der Waals surface area contributed by atoms with E-state index in [4.69, 9.17) is 8.83 Å². The molecular formula is C16H14O2. The van der Waals surface area contributed by atoms with E-state index in [-0.39, 0.29) is 0 Å². The normalized spacial score (nSPS) is 10.8. The Morgan fingerprint density at radius 3 is 1.50 bits per heavy atom. The van der Waals surface area contributed by atoms with Crippen molar-refractivity contribution in [3.05, 3.63) is 60.1 Å². The summed E-state index contributed by atoms with van der Waals surface area (Å²) in [6.45, 7) is 4.17. The van der Waals surface area contributed by atoms with Crippen LogP contribution in [0.5, 0.6) is 0 Å². The van der Waals surface area contributed by atoms with Gasteiger partial charge in [0.25, 0.3) is 0 Å². The maximum absolute atomic E-state index is 5.46. The molecule has 2 aromatic heterocycles. The predicted molar refractivity (Wildman–Crippen MR) is 71.3 cm³/mol. The summed E-state index contributed by atoms with van der Waals surface area (Å²) >= 11 is 0. The fraction of sp³-hybridized carbons (Fsp3) is 0.125. The van der Waals surface area contributed by atoms with Gasteiger partial charge < -0.3 is 8.83 Å². The topological polar surface area (TPSA) is 26.3 Å². The molecule has 18 heavy (non-hydrogen) atoms. The highest BCUT2D eigenvalue weighted by Gasteiger charge is 2.11. The summed E-state index contributed by atoms with van der Waals surface area (Å²) in [5.41, 5.74) is 4.63. The summed E-state index contributed by atoms with van der Waals surface area (Å²) in [7, 11) is 0. The maximum atomic E-state index is 5.46. The second-order valence-electron chi connectivity index (χ2n) is 4.44. The highest BCUT2D eigenvalue weighted by molar-refractivity contribution is 5.72. The van der Waals surface area contributed by atoms with E-state index in [0.717, 1.165) is 22.6 Å². The van der Waals surface area contributed by atoms with E-state index in [1.54, 1.807) is 12.5 Å². The van der Waals surface area contributed by atoms with Crippen molar-refractivity contribution < 1.29 is 8.83 Å². The van der Waals surface area contributed by atoms with Gasteiger partial charge in [0.05, 0.1) is 12.5 Å². The summed E-state index contributed by atoms with van der Waals surface area (Å²) in [4.78, 5) is 0. The first kappa shape index (κ1) is 10.9. The van der Waals surface area contributed by atoms with Crippen molar-refractivity contribution in [3.8, 4) is 22.6 Å². The van der Waals surface area contributed by atoms with Gasteiger partial charge in [-0.1, -0.05) is 0 Å². The summed E-state index contributed by atoms with van der Waals surface area (Å²) in [5.74, 6) is 1.81. The molecule has 0 aliphatic carbocycles. The maximum Gasteiger partial charge on any atom is 0.134 e. The van der Waals surface area contributed by atoms with Crippen LogP contribution in [-0.4, -0.2) is 0 Å².